The summed E-state index contributed by atoms with van der Waals surface area (Å²) in [5, 5.41) is 2.76. The van der Waals surface area contributed by atoms with Crippen molar-refractivity contribution in [3.8, 4) is 22.4 Å². The van der Waals surface area contributed by atoms with Gasteiger partial charge in [-0.15, -0.1) is 0 Å². The zero-order valence-corrected chi connectivity index (χ0v) is 19.2. The minimum Gasteiger partial charge on any atom is -0.248 e. The van der Waals surface area contributed by atoms with Gasteiger partial charge in [-0.25, -0.2) is 4.98 Å². The molecule has 0 N–H and O–H groups in total. The summed E-state index contributed by atoms with van der Waals surface area (Å²) in [6.45, 7) is 7.23. The van der Waals surface area contributed by atoms with E-state index < -0.39 is 8.07 Å². The van der Waals surface area contributed by atoms with Crippen molar-refractivity contribution in [1.29, 1.82) is 0 Å². The van der Waals surface area contributed by atoms with Crippen LogP contribution >= 0.6 is 0 Å². The zero-order valence-electron chi connectivity index (χ0n) is 18.2. The first kappa shape index (κ1) is 19.3. The van der Waals surface area contributed by atoms with Gasteiger partial charge in [-0.3, -0.25) is 0 Å². The van der Waals surface area contributed by atoms with Crippen LogP contribution in [0, 0.1) is 0 Å². The molecule has 1 aliphatic carbocycles. The van der Waals surface area contributed by atoms with Crippen molar-refractivity contribution in [3.63, 3.8) is 0 Å². The number of aryl methyl sites for hydroxylation is 1. The molecule has 0 aliphatic heterocycles. The van der Waals surface area contributed by atoms with Crippen LogP contribution in [0.2, 0.25) is 19.6 Å². The highest BCUT2D eigenvalue weighted by Gasteiger charge is 2.20. The average molecular weight is 408 g/mol. The van der Waals surface area contributed by atoms with Gasteiger partial charge in [0, 0.05) is 10.9 Å². The summed E-state index contributed by atoms with van der Waals surface area (Å²) in [6, 6.07) is 26.9. The van der Waals surface area contributed by atoms with Crippen molar-refractivity contribution in [2.45, 2.75) is 45.3 Å². The van der Waals surface area contributed by atoms with Gasteiger partial charge in [-0.1, -0.05) is 85.5 Å². The third-order valence-corrected chi connectivity index (χ3v) is 8.47. The highest BCUT2D eigenvalue weighted by Crippen LogP contribution is 2.35. The summed E-state index contributed by atoms with van der Waals surface area (Å²) in [4.78, 5) is 5.18. The second-order valence-corrected chi connectivity index (χ2v) is 14.6. The quantitative estimate of drug-likeness (QED) is 0.333. The SMILES string of the molecule is C[Si](C)(C)c1ccc2nc(-c3cccc4c3CCCC4)cc(-c3ccccc3)c2c1. The molecule has 2 heteroatoms. The maximum Gasteiger partial charge on any atom is 0.0776 e. The van der Waals surface area contributed by atoms with E-state index in [1.807, 2.05) is 0 Å². The van der Waals surface area contributed by atoms with E-state index in [1.54, 1.807) is 0 Å². The van der Waals surface area contributed by atoms with Crippen LogP contribution in [0.15, 0.2) is 72.8 Å². The van der Waals surface area contributed by atoms with Crippen LogP contribution in [-0.2, 0) is 12.8 Å². The molecule has 3 aromatic carbocycles. The molecule has 0 spiro atoms. The van der Waals surface area contributed by atoms with Gasteiger partial charge in [0.2, 0.25) is 0 Å². The van der Waals surface area contributed by atoms with E-state index in [9.17, 15) is 0 Å². The maximum atomic E-state index is 5.18. The molecule has 0 radical (unpaired) electrons. The fourth-order valence-corrected chi connectivity index (χ4v) is 5.87. The molecule has 0 bridgehead atoms. The number of hydrogen-bond acceptors (Lipinski definition) is 1. The van der Waals surface area contributed by atoms with E-state index in [0.717, 1.165) is 11.2 Å². The van der Waals surface area contributed by atoms with E-state index >= 15 is 0 Å². The number of aromatic nitrogens is 1. The third-order valence-electron chi connectivity index (χ3n) is 6.43. The molecule has 30 heavy (non-hydrogen) atoms. The maximum absolute atomic E-state index is 5.18. The number of benzene rings is 3. The van der Waals surface area contributed by atoms with Crippen LogP contribution in [0.1, 0.15) is 24.0 Å². The average Bonchev–Trinajstić information content (AvgIpc) is 2.77. The molecule has 4 aromatic rings. The number of nitrogens with zero attached hydrogens (tertiary/aromatic N) is 1. The Morgan fingerprint density at radius 1 is 0.733 bits per heavy atom. The van der Waals surface area contributed by atoms with E-state index in [0.29, 0.717) is 0 Å². The zero-order chi connectivity index (χ0) is 20.7. The van der Waals surface area contributed by atoms with Gasteiger partial charge in [-0.2, -0.15) is 0 Å². The van der Waals surface area contributed by atoms with Gasteiger partial charge < -0.3 is 0 Å². The standard InChI is InChI=1S/C28H29NSi/c1-30(2,3)22-16-17-27-26(18-22)25(21-10-5-4-6-11-21)19-28(29-27)24-15-9-13-20-12-7-8-14-23(20)24/h4-6,9-11,13,15-19H,7-8,12,14H2,1-3H3. The van der Waals surface area contributed by atoms with Crippen molar-refractivity contribution >= 4 is 24.2 Å². The Balaban J connectivity index is 1.78. The summed E-state index contributed by atoms with van der Waals surface area (Å²) < 4.78 is 0. The van der Waals surface area contributed by atoms with Crippen molar-refractivity contribution in [2.75, 3.05) is 0 Å². The largest absolute Gasteiger partial charge is 0.248 e. The Morgan fingerprint density at radius 2 is 1.53 bits per heavy atom. The van der Waals surface area contributed by atoms with Crippen molar-refractivity contribution in [2.24, 2.45) is 0 Å². The van der Waals surface area contributed by atoms with E-state index in [2.05, 4.69) is 92.4 Å². The summed E-state index contributed by atoms with van der Waals surface area (Å²) >= 11 is 0. The number of hydrogen-bond donors (Lipinski definition) is 0. The lowest BCUT2D eigenvalue weighted by molar-refractivity contribution is 0.686. The lowest BCUT2D eigenvalue weighted by Crippen LogP contribution is -2.37. The number of fused-ring (bicyclic) bond motifs is 2. The Kier molecular flexibility index (Phi) is 4.83. The van der Waals surface area contributed by atoms with Crippen LogP contribution in [0.4, 0.5) is 0 Å². The fourth-order valence-electron chi connectivity index (χ4n) is 4.71. The molecule has 1 heterocycles. The van der Waals surface area contributed by atoms with Crippen LogP contribution in [0.3, 0.4) is 0 Å². The highest BCUT2D eigenvalue weighted by molar-refractivity contribution is 6.88. The summed E-state index contributed by atoms with van der Waals surface area (Å²) in [5.41, 5.74) is 9.11. The second-order valence-electron chi connectivity index (χ2n) is 9.55. The Bertz CT molecular complexity index is 1220. The van der Waals surface area contributed by atoms with Gasteiger partial charge in [0.05, 0.1) is 19.3 Å². The molecule has 0 saturated heterocycles. The molecule has 0 fully saturated rings. The van der Waals surface area contributed by atoms with Crippen molar-refractivity contribution in [1.82, 2.24) is 4.98 Å². The first-order chi connectivity index (χ1) is 14.5. The van der Waals surface area contributed by atoms with Gasteiger partial charge >= 0.3 is 0 Å². The first-order valence-electron chi connectivity index (χ1n) is 11.1. The van der Waals surface area contributed by atoms with E-state index in [4.69, 9.17) is 4.98 Å². The molecule has 0 atom stereocenters. The molecular formula is C28H29NSi. The smallest absolute Gasteiger partial charge is 0.0776 e. The fraction of sp³-hybridized carbons (Fsp3) is 0.250. The van der Waals surface area contributed by atoms with Crippen LogP contribution in [0.5, 0.6) is 0 Å². The lowest BCUT2D eigenvalue weighted by atomic mass is 9.86. The molecule has 1 aromatic heterocycles. The molecule has 0 saturated carbocycles. The van der Waals surface area contributed by atoms with Gasteiger partial charge in [0.15, 0.2) is 0 Å². The van der Waals surface area contributed by atoms with E-state index in [-0.39, 0.29) is 0 Å². The van der Waals surface area contributed by atoms with Crippen LogP contribution in [-0.4, -0.2) is 13.1 Å². The molecule has 1 aliphatic rings. The predicted octanol–water partition coefficient (Wildman–Crippen LogP) is 6.99. The summed E-state index contributed by atoms with van der Waals surface area (Å²) in [7, 11) is -1.40. The molecule has 0 amide bonds. The third kappa shape index (κ3) is 3.50. The minimum absolute atomic E-state index is 1.10. The van der Waals surface area contributed by atoms with Gasteiger partial charge in [-0.05, 0) is 60.1 Å². The highest BCUT2D eigenvalue weighted by atomic mass is 28.3. The van der Waals surface area contributed by atoms with E-state index in [1.165, 1.54) is 64.1 Å². The van der Waals surface area contributed by atoms with Crippen molar-refractivity contribution < 1.29 is 0 Å². The Labute approximate surface area is 180 Å². The first-order valence-corrected chi connectivity index (χ1v) is 14.6. The van der Waals surface area contributed by atoms with Crippen LogP contribution in [0.25, 0.3) is 33.3 Å². The van der Waals surface area contributed by atoms with Crippen LogP contribution < -0.4 is 5.19 Å². The lowest BCUT2D eigenvalue weighted by Gasteiger charge is -2.21. The minimum atomic E-state index is -1.40. The Hall–Kier alpha value is -2.71. The van der Waals surface area contributed by atoms with Crippen molar-refractivity contribution in [3.05, 3.63) is 83.9 Å². The van der Waals surface area contributed by atoms with Gasteiger partial charge in [0.1, 0.15) is 0 Å². The topological polar surface area (TPSA) is 12.9 Å². The summed E-state index contributed by atoms with van der Waals surface area (Å²) in [6.07, 6.45) is 4.95. The normalized spacial score (nSPS) is 14.0. The Morgan fingerprint density at radius 3 is 2.33 bits per heavy atom. The molecular weight excluding hydrogens is 378 g/mol. The monoisotopic (exact) mass is 407 g/mol. The number of rotatable bonds is 3. The summed E-state index contributed by atoms with van der Waals surface area (Å²) in [5.74, 6) is 0. The van der Waals surface area contributed by atoms with Gasteiger partial charge in [0.25, 0.3) is 0 Å². The molecule has 5 rings (SSSR count). The molecule has 1 nitrogen and oxygen atoms in total. The molecule has 150 valence electrons. The number of pyridine rings is 1. The predicted molar refractivity (Wildman–Crippen MR) is 132 cm³/mol. The molecule has 0 unspecified atom stereocenters. The second kappa shape index (κ2) is 7.52.